The third kappa shape index (κ3) is 1.69. The van der Waals surface area contributed by atoms with Crippen molar-refractivity contribution in [2.45, 2.75) is 32.7 Å². The summed E-state index contributed by atoms with van der Waals surface area (Å²) in [5, 5.41) is 3.64. The lowest BCUT2D eigenvalue weighted by Gasteiger charge is -2.18. The Morgan fingerprint density at radius 2 is 2.14 bits per heavy atom. The van der Waals surface area contributed by atoms with Gasteiger partial charge in [-0.05, 0) is 36.4 Å². The zero-order valence-corrected chi connectivity index (χ0v) is 9.09. The van der Waals surface area contributed by atoms with Crippen LogP contribution >= 0.6 is 0 Å². The molecule has 0 aromatic heterocycles. The smallest absolute Gasteiger partial charge is 0.0351 e. The predicted octanol–water partition coefficient (Wildman–Crippen LogP) is 2.92. The number of benzene rings is 1. The van der Waals surface area contributed by atoms with Crippen LogP contribution in [-0.4, -0.2) is 6.54 Å². The molecule has 0 saturated heterocycles. The molecule has 0 heterocycles. The summed E-state index contributed by atoms with van der Waals surface area (Å²) in [6.45, 7) is 5.69. The topological polar surface area (TPSA) is 12.0 Å². The molecular weight excluding hydrogens is 170 g/mol. The summed E-state index contributed by atoms with van der Waals surface area (Å²) in [5.41, 5.74) is 3.06. The minimum atomic E-state index is 0.589. The molecule has 2 unspecified atom stereocenters. The third-order valence-corrected chi connectivity index (χ3v) is 3.12. The van der Waals surface area contributed by atoms with Crippen molar-refractivity contribution in [1.82, 2.24) is 5.32 Å². The van der Waals surface area contributed by atoms with Gasteiger partial charge < -0.3 is 5.32 Å². The van der Waals surface area contributed by atoms with Gasteiger partial charge in [0.1, 0.15) is 0 Å². The minimum Gasteiger partial charge on any atom is -0.310 e. The van der Waals surface area contributed by atoms with Crippen LogP contribution in [0.25, 0.3) is 0 Å². The van der Waals surface area contributed by atoms with E-state index in [-0.39, 0.29) is 0 Å². The largest absolute Gasteiger partial charge is 0.310 e. The molecule has 1 nitrogen and oxygen atoms in total. The standard InChI is InChI=1S/C13H19N/c1-3-8-14-13-10(2)9-11-6-4-5-7-12(11)13/h4-7,10,13-14H,3,8-9H2,1-2H3. The van der Waals surface area contributed by atoms with Crippen molar-refractivity contribution < 1.29 is 0 Å². The molecule has 1 N–H and O–H groups in total. The van der Waals surface area contributed by atoms with Gasteiger partial charge in [-0.2, -0.15) is 0 Å². The highest BCUT2D eigenvalue weighted by molar-refractivity contribution is 5.35. The summed E-state index contributed by atoms with van der Waals surface area (Å²) in [4.78, 5) is 0. The van der Waals surface area contributed by atoms with Crippen molar-refractivity contribution in [3.8, 4) is 0 Å². The van der Waals surface area contributed by atoms with Crippen LogP contribution in [0, 0.1) is 5.92 Å². The van der Waals surface area contributed by atoms with E-state index in [9.17, 15) is 0 Å². The highest BCUT2D eigenvalue weighted by atomic mass is 14.9. The number of rotatable bonds is 3. The van der Waals surface area contributed by atoms with Crippen LogP contribution in [0.5, 0.6) is 0 Å². The van der Waals surface area contributed by atoms with E-state index in [1.54, 1.807) is 0 Å². The Balaban J connectivity index is 2.17. The molecule has 0 bridgehead atoms. The van der Waals surface area contributed by atoms with Crippen molar-refractivity contribution >= 4 is 0 Å². The fourth-order valence-corrected chi connectivity index (χ4v) is 2.41. The first-order valence-electron chi connectivity index (χ1n) is 5.64. The number of nitrogens with one attached hydrogen (secondary N) is 1. The molecule has 0 amide bonds. The number of fused-ring (bicyclic) bond motifs is 1. The summed E-state index contributed by atoms with van der Waals surface area (Å²) >= 11 is 0. The first-order valence-corrected chi connectivity index (χ1v) is 5.64. The molecule has 14 heavy (non-hydrogen) atoms. The summed E-state index contributed by atoms with van der Waals surface area (Å²) in [6.07, 6.45) is 2.45. The zero-order chi connectivity index (χ0) is 9.97. The molecule has 2 rings (SSSR count). The van der Waals surface area contributed by atoms with Gasteiger partial charge >= 0.3 is 0 Å². The van der Waals surface area contributed by atoms with Crippen LogP contribution in [-0.2, 0) is 6.42 Å². The lowest BCUT2D eigenvalue weighted by atomic mass is 10.0. The van der Waals surface area contributed by atoms with Crippen LogP contribution in [0.3, 0.4) is 0 Å². The van der Waals surface area contributed by atoms with E-state index >= 15 is 0 Å². The number of hydrogen-bond acceptors (Lipinski definition) is 1. The van der Waals surface area contributed by atoms with Gasteiger partial charge in [0.2, 0.25) is 0 Å². The second-order valence-corrected chi connectivity index (χ2v) is 4.31. The molecule has 0 radical (unpaired) electrons. The van der Waals surface area contributed by atoms with Crippen LogP contribution < -0.4 is 5.32 Å². The zero-order valence-electron chi connectivity index (χ0n) is 9.09. The van der Waals surface area contributed by atoms with Crippen molar-refractivity contribution in [3.05, 3.63) is 35.4 Å². The highest BCUT2D eigenvalue weighted by Crippen LogP contribution is 2.35. The highest BCUT2D eigenvalue weighted by Gasteiger charge is 2.27. The Kier molecular flexibility index (Phi) is 2.87. The van der Waals surface area contributed by atoms with E-state index in [2.05, 4.69) is 43.4 Å². The van der Waals surface area contributed by atoms with Crippen LogP contribution in [0.4, 0.5) is 0 Å². The van der Waals surface area contributed by atoms with Gasteiger partial charge in [-0.15, -0.1) is 0 Å². The van der Waals surface area contributed by atoms with E-state index in [4.69, 9.17) is 0 Å². The molecule has 0 aliphatic heterocycles. The normalized spacial score (nSPS) is 25.0. The van der Waals surface area contributed by atoms with Crippen molar-refractivity contribution in [2.75, 3.05) is 6.54 Å². The van der Waals surface area contributed by atoms with Crippen molar-refractivity contribution in [1.29, 1.82) is 0 Å². The third-order valence-electron chi connectivity index (χ3n) is 3.12. The predicted molar refractivity (Wildman–Crippen MR) is 60.3 cm³/mol. The molecule has 1 aliphatic rings. The second-order valence-electron chi connectivity index (χ2n) is 4.31. The quantitative estimate of drug-likeness (QED) is 0.771. The van der Waals surface area contributed by atoms with E-state index in [0.717, 1.165) is 12.5 Å². The van der Waals surface area contributed by atoms with E-state index in [1.807, 2.05) is 0 Å². The Labute approximate surface area is 86.5 Å². The van der Waals surface area contributed by atoms with E-state index in [1.165, 1.54) is 24.0 Å². The molecular formula is C13H19N. The lowest BCUT2D eigenvalue weighted by Crippen LogP contribution is -2.24. The monoisotopic (exact) mass is 189 g/mol. The van der Waals surface area contributed by atoms with Gasteiger partial charge in [0, 0.05) is 6.04 Å². The van der Waals surface area contributed by atoms with E-state index < -0.39 is 0 Å². The lowest BCUT2D eigenvalue weighted by molar-refractivity contribution is 0.417. The average Bonchev–Trinajstić information content (AvgIpc) is 2.51. The molecule has 0 spiro atoms. The summed E-state index contributed by atoms with van der Waals surface area (Å²) < 4.78 is 0. The molecule has 1 aliphatic carbocycles. The van der Waals surface area contributed by atoms with Crippen LogP contribution in [0.2, 0.25) is 0 Å². The first-order chi connectivity index (χ1) is 6.83. The summed E-state index contributed by atoms with van der Waals surface area (Å²) in [7, 11) is 0. The SMILES string of the molecule is CCCNC1c2ccccc2CC1C. The van der Waals surface area contributed by atoms with Crippen molar-refractivity contribution in [2.24, 2.45) is 5.92 Å². The molecule has 2 atom stereocenters. The van der Waals surface area contributed by atoms with Gasteiger partial charge in [-0.3, -0.25) is 0 Å². The van der Waals surface area contributed by atoms with Crippen LogP contribution in [0.15, 0.2) is 24.3 Å². The summed E-state index contributed by atoms with van der Waals surface area (Å²) in [5.74, 6) is 0.749. The fourth-order valence-electron chi connectivity index (χ4n) is 2.41. The first kappa shape index (κ1) is 9.72. The van der Waals surface area contributed by atoms with Crippen molar-refractivity contribution in [3.63, 3.8) is 0 Å². The Morgan fingerprint density at radius 3 is 2.93 bits per heavy atom. The maximum absolute atomic E-state index is 3.64. The second kappa shape index (κ2) is 4.14. The molecule has 0 saturated carbocycles. The Hall–Kier alpha value is -0.820. The minimum absolute atomic E-state index is 0.589. The molecule has 1 aromatic carbocycles. The van der Waals surface area contributed by atoms with Crippen LogP contribution in [0.1, 0.15) is 37.4 Å². The molecule has 1 heteroatoms. The maximum atomic E-state index is 3.64. The molecule has 1 aromatic rings. The van der Waals surface area contributed by atoms with Gasteiger partial charge in [0.25, 0.3) is 0 Å². The van der Waals surface area contributed by atoms with Gasteiger partial charge in [-0.25, -0.2) is 0 Å². The Bertz CT molecular complexity index is 306. The number of hydrogen-bond donors (Lipinski definition) is 1. The Morgan fingerprint density at radius 1 is 1.36 bits per heavy atom. The van der Waals surface area contributed by atoms with Gasteiger partial charge in [0.15, 0.2) is 0 Å². The van der Waals surface area contributed by atoms with Gasteiger partial charge in [-0.1, -0.05) is 38.1 Å². The maximum Gasteiger partial charge on any atom is 0.0351 e. The van der Waals surface area contributed by atoms with E-state index in [0.29, 0.717) is 6.04 Å². The summed E-state index contributed by atoms with van der Waals surface area (Å²) in [6, 6.07) is 9.42. The molecule has 76 valence electrons. The van der Waals surface area contributed by atoms with Gasteiger partial charge in [0.05, 0.1) is 0 Å². The fraction of sp³-hybridized carbons (Fsp3) is 0.538. The molecule has 0 fully saturated rings. The average molecular weight is 189 g/mol.